The van der Waals surface area contributed by atoms with Gasteiger partial charge in [-0.05, 0) is 68.1 Å². The summed E-state index contributed by atoms with van der Waals surface area (Å²) in [5.41, 5.74) is 1.87. The lowest BCUT2D eigenvalue weighted by molar-refractivity contribution is -0.123. The maximum Gasteiger partial charge on any atom is 0.251 e. The number of hydrogen-bond acceptors (Lipinski definition) is 7. The minimum atomic E-state index is -3.84. The van der Waals surface area contributed by atoms with Gasteiger partial charge >= 0.3 is 0 Å². The monoisotopic (exact) mass is 631 g/mol. The van der Waals surface area contributed by atoms with Crippen molar-refractivity contribution < 1.29 is 23.1 Å². The highest BCUT2D eigenvalue weighted by molar-refractivity contribution is 7.92. The number of anilines is 2. The topological polar surface area (TPSA) is 152 Å². The summed E-state index contributed by atoms with van der Waals surface area (Å²) in [6.45, 7) is 1.81. The van der Waals surface area contributed by atoms with Gasteiger partial charge in [-0.15, -0.1) is 0 Å². The second kappa shape index (κ2) is 15.7. The van der Waals surface area contributed by atoms with Crippen molar-refractivity contribution in [2.45, 2.75) is 69.7 Å². The molecule has 45 heavy (non-hydrogen) atoms. The van der Waals surface area contributed by atoms with Crippen LogP contribution in [0.15, 0.2) is 78.9 Å². The van der Waals surface area contributed by atoms with Gasteiger partial charge in [0.15, 0.2) is 0 Å². The van der Waals surface area contributed by atoms with Crippen LogP contribution in [0.1, 0.15) is 60.5 Å². The lowest BCUT2D eigenvalue weighted by atomic mass is 9.95. The number of aliphatic hydroxyl groups is 1. The van der Waals surface area contributed by atoms with Gasteiger partial charge in [0.1, 0.15) is 0 Å². The Labute approximate surface area is 265 Å². The van der Waals surface area contributed by atoms with E-state index in [1.54, 1.807) is 43.3 Å². The Morgan fingerprint density at radius 1 is 0.978 bits per heavy atom. The Morgan fingerprint density at radius 2 is 1.64 bits per heavy atom. The summed E-state index contributed by atoms with van der Waals surface area (Å²) in [4.78, 5) is 26.3. The molecule has 3 aromatic rings. The molecule has 3 aromatic carbocycles. The van der Waals surface area contributed by atoms with Crippen molar-refractivity contribution in [3.8, 4) is 6.07 Å². The SMILES string of the molecule is C[C@H](NC[C@@H](O)[C@H](Cc1ccccc1)NC(=O)c1cccc(N(c2cccc(C#N)c2)S(C)(=O)=O)c1)C(=O)NC1CCCCC1. The number of carbonyl (C=O) groups excluding carboxylic acids is 2. The van der Waals surface area contributed by atoms with Crippen LogP contribution < -0.4 is 20.3 Å². The maximum absolute atomic E-state index is 13.6. The molecule has 4 N–H and O–H groups in total. The quantitative estimate of drug-likeness (QED) is 0.224. The molecule has 0 aliphatic heterocycles. The van der Waals surface area contributed by atoms with Crippen LogP contribution in [0.4, 0.5) is 11.4 Å². The largest absolute Gasteiger partial charge is 0.390 e. The minimum absolute atomic E-state index is 0.0637. The van der Waals surface area contributed by atoms with E-state index in [9.17, 15) is 28.4 Å². The van der Waals surface area contributed by atoms with E-state index in [-0.39, 0.29) is 35.4 Å². The smallest absolute Gasteiger partial charge is 0.251 e. The molecular formula is C34H41N5O5S. The zero-order chi connectivity index (χ0) is 32.4. The predicted octanol–water partition coefficient (Wildman–Crippen LogP) is 3.78. The molecule has 4 rings (SSSR count). The van der Waals surface area contributed by atoms with Gasteiger partial charge in [-0.1, -0.05) is 61.7 Å². The molecular weight excluding hydrogens is 590 g/mol. The van der Waals surface area contributed by atoms with E-state index in [0.717, 1.165) is 41.8 Å². The van der Waals surface area contributed by atoms with Crippen LogP contribution in [0.5, 0.6) is 0 Å². The molecule has 10 nitrogen and oxygen atoms in total. The summed E-state index contributed by atoms with van der Waals surface area (Å²) in [5, 5.41) is 29.7. The van der Waals surface area contributed by atoms with Crippen LogP contribution in [-0.2, 0) is 21.2 Å². The fraction of sp³-hybridized carbons (Fsp3) is 0.382. The number of sulfonamides is 1. The van der Waals surface area contributed by atoms with Crippen molar-refractivity contribution in [1.82, 2.24) is 16.0 Å². The molecule has 1 aliphatic carbocycles. The number of amides is 2. The fourth-order valence-electron chi connectivity index (χ4n) is 5.52. The standard InChI is InChI=1S/C34H41N5O5S/c1-24(33(41)37-28-15-7-4-8-16-28)36-23-32(40)31(20-25-11-5-3-6-12-25)38-34(42)27-14-10-18-30(21-27)39(45(2,43)44)29-17-9-13-26(19-29)22-35/h3,5-6,9-14,17-19,21,24,28,31-32,36,40H,4,7-8,15-16,20,23H2,1-2H3,(H,37,41)(H,38,42)/t24-,31-,32+/m0/s1. The Hall–Kier alpha value is -4.24. The molecule has 1 fully saturated rings. The maximum atomic E-state index is 13.6. The molecule has 0 aromatic heterocycles. The van der Waals surface area contributed by atoms with Gasteiger partial charge in [-0.3, -0.25) is 9.59 Å². The summed E-state index contributed by atoms with van der Waals surface area (Å²) in [6.07, 6.45) is 5.69. The third-order valence-electron chi connectivity index (χ3n) is 7.94. The summed E-state index contributed by atoms with van der Waals surface area (Å²) in [5.74, 6) is -0.621. The Morgan fingerprint density at radius 3 is 2.31 bits per heavy atom. The first-order chi connectivity index (χ1) is 21.5. The lowest BCUT2D eigenvalue weighted by Crippen LogP contribution is -2.53. The van der Waals surface area contributed by atoms with Crippen molar-refractivity contribution in [2.75, 3.05) is 17.1 Å². The summed E-state index contributed by atoms with van der Waals surface area (Å²) in [7, 11) is -3.84. The average Bonchev–Trinajstić information content (AvgIpc) is 3.03. The number of carbonyl (C=O) groups is 2. The van der Waals surface area contributed by atoms with E-state index in [0.29, 0.717) is 12.0 Å². The first kappa shape index (κ1) is 33.6. The van der Waals surface area contributed by atoms with Gasteiger partial charge in [0.25, 0.3) is 5.91 Å². The molecule has 11 heteroatoms. The number of nitriles is 1. The molecule has 0 unspecified atom stereocenters. The first-order valence-corrected chi connectivity index (χ1v) is 17.1. The third kappa shape index (κ3) is 9.62. The van der Waals surface area contributed by atoms with Gasteiger partial charge in [0.05, 0.1) is 47.5 Å². The normalized spacial score (nSPS) is 15.7. The van der Waals surface area contributed by atoms with Crippen LogP contribution in [0.2, 0.25) is 0 Å². The average molecular weight is 632 g/mol. The van der Waals surface area contributed by atoms with Gasteiger partial charge in [-0.2, -0.15) is 5.26 Å². The molecule has 0 spiro atoms. The molecule has 3 atom stereocenters. The highest BCUT2D eigenvalue weighted by Gasteiger charge is 2.26. The highest BCUT2D eigenvalue weighted by atomic mass is 32.2. The molecule has 0 heterocycles. The van der Waals surface area contributed by atoms with Crippen molar-refractivity contribution in [3.63, 3.8) is 0 Å². The summed E-state index contributed by atoms with van der Waals surface area (Å²) >= 11 is 0. The van der Waals surface area contributed by atoms with Crippen LogP contribution in [0, 0.1) is 11.3 Å². The second-order valence-corrected chi connectivity index (χ2v) is 13.4. The van der Waals surface area contributed by atoms with Crippen LogP contribution in [-0.4, -0.2) is 62.4 Å². The molecule has 0 saturated heterocycles. The highest BCUT2D eigenvalue weighted by Crippen LogP contribution is 2.30. The molecule has 1 aliphatic rings. The van der Waals surface area contributed by atoms with Crippen LogP contribution in [0.25, 0.3) is 0 Å². The van der Waals surface area contributed by atoms with Gasteiger partial charge < -0.3 is 21.1 Å². The van der Waals surface area contributed by atoms with E-state index in [1.165, 1.54) is 18.6 Å². The van der Waals surface area contributed by atoms with E-state index in [2.05, 4.69) is 16.0 Å². The summed E-state index contributed by atoms with van der Waals surface area (Å²) in [6, 6.07) is 22.7. The van der Waals surface area contributed by atoms with Gasteiger partial charge in [0, 0.05) is 18.2 Å². The fourth-order valence-corrected chi connectivity index (χ4v) is 6.51. The van der Waals surface area contributed by atoms with Crippen molar-refractivity contribution in [3.05, 3.63) is 95.6 Å². The molecule has 238 valence electrons. The lowest BCUT2D eigenvalue weighted by Gasteiger charge is -2.28. The summed E-state index contributed by atoms with van der Waals surface area (Å²) < 4.78 is 26.8. The van der Waals surface area contributed by atoms with Gasteiger partial charge in [0.2, 0.25) is 15.9 Å². The first-order valence-electron chi connectivity index (χ1n) is 15.2. The Kier molecular flexibility index (Phi) is 11.7. The number of benzene rings is 3. The van der Waals surface area contributed by atoms with Crippen LogP contribution in [0.3, 0.4) is 0 Å². The number of aliphatic hydroxyl groups excluding tert-OH is 1. The van der Waals surface area contributed by atoms with Crippen LogP contribution >= 0.6 is 0 Å². The zero-order valence-corrected chi connectivity index (χ0v) is 26.5. The Bertz CT molecular complexity index is 1600. The number of hydrogen-bond donors (Lipinski definition) is 4. The van der Waals surface area contributed by atoms with Crippen molar-refractivity contribution in [1.29, 1.82) is 5.26 Å². The number of nitrogens with one attached hydrogen (secondary N) is 3. The second-order valence-electron chi connectivity index (χ2n) is 11.6. The molecule has 2 amide bonds. The molecule has 0 radical (unpaired) electrons. The molecule has 0 bridgehead atoms. The van der Waals surface area contributed by atoms with E-state index in [1.807, 2.05) is 36.4 Å². The third-order valence-corrected chi connectivity index (χ3v) is 9.03. The van der Waals surface area contributed by atoms with Crippen molar-refractivity contribution in [2.24, 2.45) is 0 Å². The number of nitrogens with zero attached hydrogens (tertiary/aromatic N) is 2. The predicted molar refractivity (Wildman–Crippen MR) is 174 cm³/mol. The van der Waals surface area contributed by atoms with E-state index >= 15 is 0 Å². The van der Waals surface area contributed by atoms with Gasteiger partial charge in [-0.25, -0.2) is 12.7 Å². The van der Waals surface area contributed by atoms with Crippen molar-refractivity contribution >= 4 is 33.2 Å². The van der Waals surface area contributed by atoms with E-state index in [4.69, 9.17) is 0 Å². The molecule has 1 saturated carbocycles. The number of rotatable bonds is 13. The van der Waals surface area contributed by atoms with E-state index < -0.39 is 34.1 Å². The Balaban J connectivity index is 1.50. The zero-order valence-electron chi connectivity index (χ0n) is 25.6. The minimum Gasteiger partial charge on any atom is -0.390 e.